The van der Waals surface area contributed by atoms with Crippen molar-refractivity contribution >= 4 is 11.6 Å². The maximum absolute atomic E-state index is 12.1. The van der Waals surface area contributed by atoms with E-state index in [1.807, 2.05) is 0 Å². The number of amides is 1. The van der Waals surface area contributed by atoms with Crippen molar-refractivity contribution in [2.24, 2.45) is 0 Å². The van der Waals surface area contributed by atoms with Crippen molar-refractivity contribution in [3.8, 4) is 5.75 Å². The average Bonchev–Trinajstić information content (AvgIpc) is 2.88. The van der Waals surface area contributed by atoms with Gasteiger partial charge >= 0.3 is 0 Å². The lowest BCUT2D eigenvalue weighted by Crippen LogP contribution is -2.44. The van der Waals surface area contributed by atoms with Gasteiger partial charge in [0.05, 0.1) is 29.4 Å². The molecule has 0 aliphatic carbocycles. The van der Waals surface area contributed by atoms with Crippen LogP contribution in [0.4, 0.5) is 5.69 Å². The molecular weight excluding hydrogens is 244 g/mol. The summed E-state index contributed by atoms with van der Waals surface area (Å²) < 4.78 is 0. The highest BCUT2D eigenvalue weighted by Gasteiger charge is 2.26. The fraction of sp³-hybridized carbons (Fsp3) is 0.231. The first-order chi connectivity index (χ1) is 9.24. The standard InChI is InChI=1S/C13H14N4O2/c18-12-4-2-1-3-8(12)17-13(19)10-5-9-11(6-14-10)16-7-15-9/h1-4,7,10,14,18H,5-6H2,(H,15,16)(H,17,19). The Bertz CT molecular complexity index is 608. The molecule has 0 spiro atoms. The molecule has 2 aromatic rings. The molecule has 6 nitrogen and oxygen atoms in total. The van der Waals surface area contributed by atoms with Gasteiger partial charge in [0, 0.05) is 13.0 Å². The molecule has 1 aliphatic rings. The Hall–Kier alpha value is -2.34. The third-order valence-corrected chi connectivity index (χ3v) is 3.21. The molecule has 4 N–H and O–H groups in total. The summed E-state index contributed by atoms with van der Waals surface area (Å²) in [4.78, 5) is 19.3. The van der Waals surface area contributed by atoms with Gasteiger partial charge in [-0.05, 0) is 12.1 Å². The molecule has 0 bridgehead atoms. The molecule has 1 aromatic carbocycles. The summed E-state index contributed by atoms with van der Waals surface area (Å²) in [6.07, 6.45) is 2.17. The number of anilines is 1. The molecule has 1 aliphatic heterocycles. The van der Waals surface area contributed by atoms with Gasteiger partial charge in [-0.3, -0.25) is 10.1 Å². The number of carbonyl (C=O) groups excluding carboxylic acids is 1. The fourth-order valence-electron chi connectivity index (χ4n) is 2.15. The quantitative estimate of drug-likeness (QED) is 0.599. The van der Waals surface area contributed by atoms with E-state index in [-0.39, 0.29) is 17.7 Å². The summed E-state index contributed by atoms with van der Waals surface area (Å²) in [7, 11) is 0. The van der Waals surface area contributed by atoms with Crippen molar-refractivity contribution in [1.82, 2.24) is 15.3 Å². The summed E-state index contributed by atoms with van der Waals surface area (Å²) in [5.74, 6) is -0.109. The molecule has 1 aromatic heterocycles. The van der Waals surface area contributed by atoms with E-state index < -0.39 is 0 Å². The second-order valence-electron chi connectivity index (χ2n) is 4.47. The van der Waals surface area contributed by atoms with Gasteiger partial charge in [0.15, 0.2) is 0 Å². The average molecular weight is 258 g/mol. The number of fused-ring (bicyclic) bond motifs is 1. The SMILES string of the molecule is O=C(Nc1ccccc1O)C1Cc2nc[nH]c2CN1. The van der Waals surface area contributed by atoms with E-state index >= 15 is 0 Å². The number of phenolic OH excluding ortho intramolecular Hbond substituents is 1. The Morgan fingerprint density at radius 2 is 2.26 bits per heavy atom. The number of rotatable bonds is 2. The number of H-pyrrole nitrogens is 1. The Labute approximate surface area is 109 Å². The molecule has 0 radical (unpaired) electrons. The monoisotopic (exact) mass is 258 g/mol. The normalized spacial score (nSPS) is 17.8. The maximum atomic E-state index is 12.1. The lowest BCUT2D eigenvalue weighted by molar-refractivity contribution is -0.118. The second kappa shape index (κ2) is 4.74. The summed E-state index contributed by atoms with van der Waals surface area (Å²) in [6.45, 7) is 0.591. The first-order valence-electron chi connectivity index (χ1n) is 6.07. The van der Waals surface area contributed by atoms with E-state index in [2.05, 4.69) is 20.6 Å². The number of hydrogen-bond donors (Lipinski definition) is 4. The number of aromatic nitrogens is 2. The number of para-hydroxylation sites is 2. The number of phenols is 1. The zero-order chi connectivity index (χ0) is 13.2. The molecule has 0 saturated heterocycles. The van der Waals surface area contributed by atoms with E-state index in [9.17, 15) is 9.90 Å². The molecule has 0 fully saturated rings. The summed E-state index contributed by atoms with van der Waals surface area (Å²) in [6, 6.07) is 6.33. The third-order valence-electron chi connectivity index (χ3n) is 3.21. The van der Waals surface area contributed by atoms with Crippen LogP contribution in [0.1, 0.15) is 11.4 Å². The van der Waals surface area contributed by atoms with Gasteiger partial charge < -0.3 is 15.4 Å². The minimum Gasteiger partial charge on any atom is -0.506 e. The van der Waals surface area contributed by atoms with Gasteiger partial charge in [-0.25, -0.2) is 4.98 Å². The van der Waals surface area contributed by atoms with Crippen molar-refractivity contribution in [2.45, 2.75) is 19.0 Å². The molecular formula is C13H14N4O2. The Kier molecular flexibility index (Phi) is 2.92. The van der Waals surface area contributed by atoms with Crippen LogP contribution in [0, 0.1) is 0 Å². The largest absolute Gasteiger partial charge is 0.506 e. The minimum absolute atomic E-state index is 0.0621. The number of imidazole rings is 1. The molecule has 1 unspecified atom stereocenters. The van der Waals surface area contributed by atoms with E-state index in [4.69, 9.17) is 0 Å². The fourth-order valence-corrected chi connectivity index (χ4v) is 2.15. The maximum Gasteiger partial charge on any atom is 0.242 e. The molecule has 1 atom stereocenters. The molecule has 6 heteroatoms. The van der Waals surface area contributed by atoms with Gasteiger partial charge in [-0.1, -0.05) is 12.1 Å². The molecule has 1 amide bonds. The highest BCUT2D eigenvalue weighted by atomic mass is 16.3. The van der Waals surface area contributed by atoms with Crippen LogP contribution in [0.15, 0.2) is 30.6 Å². The van der Waals surface area contributed by atoms with Gasteiger partial charge in [0.1, 0.15) is 5.75 Å². The zero-order valence-corrected chi connectivity index (χ0v) is 10.2. The highest BCUT2D eigenvalue weighted by molar-refractivity contribution is 5.96. The van der Waals surface area contributed by atoms with Gasteiger partial charge in [0.25, 0.3) is 0 Å². The summed E-state index contributed by atoms with van der Waals surface area (Å²) in [5, 5.41) is 15.5. The molecule has 3 rings (SSSR count). The van der Waals surface area contributed by atoms with E-state index in [1.165, 1.54) is 6.07 Å². The van der Waals surface area contributed by atoms with E-state index in [0.717, 1.165) is 11.4 Å². The van der Waals surface area contributed by atoms with Crippen molar-refractivity contribution in [3.05, 3.63) is 42.0 Å². The number of nitrogens with zero attached hydrogens (tertiary/aromatic N) is 1. The summed E-state index contributed by atoms with van der Waals surface area (Å²) in [5.41, 5.74) is 2.35. The van der Waals surface area contributed by atoms with Crippen LogP contribution in [0.5, 0.6) is 5.75 Å². The lowest BCUT2D eigenvalue weighted by Gasteiger charge is -2.22. The van der Waals surface area contributed by atoms with Gasteiger partial charge in [0.2, 0.25) is 5.91 Å². The first-order valence-corrected chi connectivity index (χ1v) is 6.07. The van der Waals surface area contributed by atoms with Crippen LogP contribution in [0.3, 0.4) is 0 Å². The highest BCUT2D eigenvalue weighted by Crippen LogP contribution is 2.22. The topological polar surface area (TPSA) is 90.0 Å². The first kappa shape index (κ1) is 11.7. The van der Waals surface area contributed by atoms with Gasteiger partial charge in [-0.2, -0.15) is 0 Å². The van der Waals surface area contributed by atoms with Gasteiger partial charge in [-0.15, -0.1) is 0 Å². The van der Waals surface area contributed by atoms with E-state index in [1.54, 1.807) is 24.5 Å². The predicted molar refractivity (Wildman–Crippen MR) is 69.7 cm³/mol. The number of carbonyl (C=O) groups is 1. The molecule has 2 heterocycles. The van der Waals surface area contributed by atoms with Crippen LogP contribution in [-0.2, 0) is 17.8 Å². The van der Waals surface area contributed by atoms with Crippen LogP contribution < -0.4 is 10.6 Å². The number of aromatic amines is 1. The predicted octanol–water partition coefficient (Wildman–Crippen LogP) is 0.768. The smallest absolute Gasteiger partial charge is 0.242 e. The Morgan fingerprint density at radius 3 is 3.11 bits per heavy atom. The van der Waals surface area contributed by atoms with Crippen LogP contribution >= 0.6 is 0 Å². The van der Waals surface area contributed by atoms with Crippen molar-refractivity contribution < 1.29 is 9.90 Å². The Morgan fingerprint density at radius 1 is 1.42 bits per heavy atom. The third kappa shape index (κ3) is 2.30. The lowest BCUT2D eigenvalue weighted by atomic mass is 10.0. The Balaban J connectivity index is 1.71. The number of hydrogen-bond acceptors (Lipinski definition) is 4. The minimum atomic E-state index is -0.338. The summed E-state index contributed by atoms with van der Waals surface area (Å²) >= 11 is 0. The van der Waals surface area contributed by atoms with Crippen molar-refractivity contribution in [1.29, 1.82) is 0 Å². The number of aromatic hydroxyl groups is 1. The van der Waals surface area contributed by atoms with Crippen molar-refractivity contribution in [3.63, 3.8) is 0 Å². The van der Waals surface area contributed by atoms with Crippen molar-refractivity contribution in [2.75, 3.05) is 5.32 Å². The molecule has 98 valence electrons. The number of benzene rings is 1. The molecule has 19 heavy (non-hydrogen) atoms. The van der Waals surface area contributed by atoms with Crippen LogP contribution in [0.25, 0.3) is 0 Å². The van der Waals surface area contributed by atoms with Crippen LogP contribution in [0.2, 0.25) is 0 Å². The zero-order valence-electron chi connectivity index (χ0n) is 10.2. The van der Waals surface area contributed by atoms with Crippen LogP contribution in [-0.4, -0.2) is 27.0 Å². The second-order valence-corrected chi connectivity index (χ2v) is 4.47. The number of nitrogens with one attached hydrogen (secondary N) is 3. The molecule has 0 saturated carbocycles. The van der Waals surface area contributed by atoms with E-state index in [0.29, 0.717) is 18.7 Å².